The van der Waals surface area contributed by atoms with Gasteiger partial charge in [-0.2, -0.15) is 0 Å². The Hall–Kier alpha value is -1.82. The van der Waals surface area contributed by atoms with Crippen molar-refractivity contribution in [2.75, 3.05) is 22.6 Å². The molecule has 3 rings (SSSR count). The molecule has 1 saturated heterocycles. The summed E-state index contributed by atoms with van der Waals surface area (Å²) in [4.78, 5) is 4.23. The van der Waals surface area contributed by atoms with E-state index in [1.165, 1.54) is 0 Å². The lowest BCUT2D eigenvalue weighted by atomic mass is 10.1. The predicted octanol–water partition coefficient (Wildman–Crippen LogP) is 1.42. The van der Waals surface area contributed by atoms with Crippen molar-refractivity contribution in [2.45, 2.75) is 12.5 Å². The number of nitrogens with two attached hydrogens (primary N) is 1. The van der Waals surface area contributed by atoms with Crippen LogP contribution in [-0.4, -0.2) is 30.9 Å². The molecule has 3 N–H and O–H groups in total. The van der Waals surface area contributed by atoms with Crippen LogP contribution in [0.1, 0.15) is 6.42 Å². The van der Waals surface area contributed by atoms with Crippen LogP contribution in [0.2, 0.25) is 0 Å². The molecule has 6 heteroatoms. The van der Waals surface area contributed by atoms with Gasteiger partial charge in [-0.1, -0.05) is 0 Å². The summed E-state index contributed by atoms with van der Waals surface area (Å²) < 4.78 is 22.9. The standard InChI is InChI=1S/C13H15N3O2S/c14-13-10-2-1-6-15-11(10)3-4-12(13)16-9-5-7-19(17,18)8-9/h1-4,6,9,16H,5,7-8,14H2. The minimum absolute atomic E-state index is 0.0542. The van der Waals surface area contributed by atoms with E-state index in [0.29, 0.717) is 12.1 Å². The zero-order valence-corrected chi connectivity index (χ0v) is 11.2. The molecule has 100 valence electrons. The Morgan fingerprint density at radius 2 is 2.16 bits per heavy atom. The Kier molecular flexibility index (Phi) is 2.82. The number of nitrogens with one attached hydrogen (secondary N) is 1. The van der Waals surface area contributed by atoms with Gasteiger partial charge in [0.05, 0.1) is 28.4 Å². The summed E-state index contributed by atoms with van der Waals surface area (Å²) in [5.41, 5.74) is 8.35. The molecule has 0 bridgehead atoms. The molecule has 1 aliphatic rings. The Labute approximate surface area is 111 Å². The first kappa shape index (κ1) is 12.2. The SMILES string of the molecule is Nc1c(NC2CCS(=O)(=O)C2)ccc2ncccc12. The van der Waals surface area contributed by atoms with Crippen LogP contribution in [0.15, 0.2) is 30.5 Å². The molecule has 0 amide bonds. The van der Waals surface area contributed by atoms with Crippen molar-refractivity contribution in [1.82, 2.24) is 4.98 Å². The number of aromatic nitrogens is 1. The molecular formula is C13H15N3O2S. The Balaban J connectivity index is 1.92. The molecule has 1 unspecified atom stereocenters. The summed E-state index contributed by atoms with van der Waals surface area (Å²) >= 11 is 0. The summed E-state index contributed by atoms with van der Waals surface area (Å²) in [6.07, 6.45) is 2.35. The van der Waals surface area contributed by atoms with Crippen molar-refractivity contribution in [3.63, 3.8) is 0 Å². The summed E-state index contributed by atoms with van der Waals surface area (Å²) in [7, 11) is -2.89. The van der Waals surface area contributed by atoms with Crippen LogP contribution in [-0.2, 0) is 9.84 Å². The fourth-order valence-corrected chi connectivity index (χ4v) is 4.10. The van der Waals surface area contributed by atoms with Gasteiger partial charge < -0.3 is 11.1 Å². The molecule has 1 aromatic carbocycles. The number of nitrogens with zero attached hydrogens (tertiary/aromatic N) is 1. The normalized spacial score (nSPS) is 21.6. The lowest BCUT2D eigenvalue weighted by Gasteiger charge is -2.15. The predicted molar refractivity (Wildman–Crippen MR) is 76.8 cm³/mol. The number of pyridine rings is 1. The number of hydrogen-bond donors (Lipinski definition) is 2. The van der Waals surface area contributed by atoms with Crippen LogP contribution in [0.25, 0.3) is 10.9 Å². The molecule has 1 fully saturated rings. The van der Waals surface area contributed by atoms with E-state index in [9.17, 15) is 8.42 Å². The van der Waals surface area contributed by atoms with Crippen molar-refractivity contribution < 1.29 is 8.42 Å². The highest BCUT2D eigenvalue weighted by Crippen LogP contribution is 2.29. The van der Waals surface area contributed by atoms with E-state index in [-0.39, 0.29) is 17.5 Å². The van der Waals surface area contributed by atoms with E-state index in [1.54, 1.807) is 6.20 Å². The second kappa shape index (κ2) is 4.38. The van der Waals surface area contributed by atoms with Gasteiger partial charge in [0.15, 0.2) is 9.84 Å². The van der Waals surface area contributed by atoms with Gasteiger partial charge in [-0.3, -0.25) is 4.98 Å². The van der Waals surface area contributed by atoms with Gasteiger partial charge >= 0.3 is 0 Å². The van der Waals surface area contributed by atoms with Gasteiger partial charge in [-0.15, -0.1) is 0 Å². The minimum atomic E-state index is -2.89. The number of fused-ring (bicyclic) bond motifs is 1. The summed E-state index contributed by atoms with van der Waals surface area (Å²) in [6.45, 7) is 0. The fourth-order valence-electron chi connectivity index (χ4n) is 2.43. The second-order valence-corrected chi connectivity index (χ2v) is 7.07. The monoisotopic (exact) mass is 277 g/mol. The second-order valence-electron chi connectivity index (χ2n) is 4.84. The highest BCUT2D eigenvalue weighted by molar-refractivity contribution is 7.91. The van der Waals surface area contributed by atoms with Crippen LogP contribution < -0.4 is 11.1 Å². The molecular weight excluding hydrogens is 262 g/mol. The van der Waals surface area contributed by atoms with Gasteiger partial charge in [0.2, 0.25) is 0 Å². The molecule has 2 aromatic rings. The van der Waals surface area contributed by atoms with E-state index in [2.05, 4.69) is 10.3 Å². The molecule has 0 radical (unpaired) electrons. The molecule has 5 nitrogen and oxygen atoms in total. The molecule has 2 heterocycles. The van der Waals surface area contributed by atoms with Gasteiger partial charge in [-0.25, -0.2) is 8.42 Å². The Bertz CT molecular complexity index is 728. The zero-order chi connectivity index (χ0) is 13.5. The average molecular weight is 277 g/mol. The van der Waals surface area contributed by atoms with Crippen LogP contribution >= 0.6 is 0 Å². The first-order valence-corrected chi connectivity index (χ1v) is 7.97. The quantitative estimate of drug-likeness (QED) is 0.811. The maximum atomic E-state index is 11.4. The van der Waals surface area contributed by atoms with E-state index in [1.807, 2.05) is 24.3 Å². The number of nitrogen functional groups attached to an aromatic ring is 1. The largest absolute Gasteiger partial charge is 0.397 e. The van der Waals surface area contributed by atoms with E-state index in [4.69, 9.17) is 5.73 Å². The van der Waals surface area contributed by atoms with Gasteiger partial charge in [-0.05, 0) is 30.7 Å². The maximum Gasteiger partial charge on any atom is 0.152 e. The van der Waals surface area contributed by atoms with Crippen LogP contribution in [0.3, 0.4) is 0 Å². The lowest BCUT2D eigenvalue weighted by Crippen LogP contribution is -2.21. The van der Waals surface area contributed by atoms with E-state index < -0.39 is 9.84 Å². The topological polar surface area (TPSA) is 85.1 Å². The lowest BCUT2D eigenvalue weighted by molar-refractivity contribution is 0.602. The van der Waals surface area contributed by atoms with Crippen molar-refractivity contribution in [1.29, 1.82) is 0 Å². The Morgan fingerprint density at radius 3 is 2.89 bits per heavy atom. The molecule has 1 aliphatic heterocycles. The Morgan fingerprint density at radius 1 is 1.32 bits per heavy atom. The number of anilines is 2. The van der Waals surface area contributed by atoms with Crippen LogP contribution in [0, 0.1) is 0 Å². The van der Waals surface area contributed by atoms with Gasteiger partial charge in [0.25, 0.3) is 0 Å². The molecule has 0 saturated carbocycles. The number of rotatable bonds is 2. The van der Waals surface area contributed by atoms with Crippen molar-refractivity contribution in [2.24, 2.45) is 0 Å². The highest BCUT2D eigenvalue weighted by Gasteiger charge is 2.28. The highest BCUT2D eigenvalue weighted by atomic mass is 32.2. The average Bonchev–Trinajstić information content (AvgIpc) is 2.73. The van der Waals surface area contributed by atoms with Crippen molar-refractivity contribution in [3.8, 4) is 0 Å². The summed E-state index contributed by atoms with van der Waals surface area (Å²) in [5.74, 6) is 0.428. The fraction of sp³-hybridized carbons (Fsp3) is 0.308. The van der Waals surface area contributed by atoms with Gasteiger partial charge in [0, 0.05) is 17.6 Å². The number of sulfone groups is 1. The third-order valence-electron chi connectivity index (χ3n) is 3.42. The molecule has 19 heavy (non-hydrogen) atoms. The van der Waals surface area contributed by atoms with Crippen LogP contribution in [0.4, 0.5) is 11.4 Å². The molecule has 0 spiro atoms. The molecule has 0 aliphatic carbocycles. The van der Waals surface area contributed by atoms with Gasteiger partial charge in [0.1, 0.15) is 0 Å². The zero-order valence-electron chi connectivity index (χ0n) is 10.3. The molecule has 1 atom stereocenters. The van der Waals surface area contributed by atoms with Crippen molar-refractivity contribution in [3.05, 3.63) is 30.5 Å². The maximum absolute atomic E-state index is 11.4. The minimum Gasteiger partial charge on any atom is -0.397 e. The number of hydrogen-bond acceptors (Lipinski definition) is 5. The summed E-state index contributed by atoms with van der Waals surface area (Å²) in [6, 6.07) is 7.44. The van der Waals surface area contributed by atoms with E-state index >= 15 is 0 Å². The first-order valence-electron chi connectivity index (χ1n) is 6.15. The third kappa shape index (κ3) is 2.35. The number of benzene rings is 1. The summed E-state index contributed by atoms with van der Waals surface area (Å²) in [5, 5.41) is 4.11. The molecule has 1 aromatic heterocycles. The smallest absolute Gasteiger partial charge is 0.152 e. The van der Waals surface area contributed by atoms with Crippen molar-refractivity contribution >= 4 is 32.1 Å². The first-order chi connectivity index (χ1) is 9.05. The van der Waals surface area contributed by atoms with E-state index in [0.717, 1.165) is 16.6 Å². The third-order valence-corrected chi connectivity index (χ3v) is 5.19. The van der Waals surface area contributed by atoms with Crippen LogP contribution in [0.5, 0.6) is 0 Å².